The van der Waals surface area contributed by atoms with Gasteiger partial charge in [-0.3, -0.25) is 9.35 Å². The molecule has 0 fully saturated rings. The second kappa shape index (κ2) is 14.3. The van der Waals surface area contributed by atoms with E-state index >= 15 is 17.6 Å². The van der Waals surface area contributed by atoms with Crippen molar-refractivity contribution in [3.05, 3.63) is 128 Å². The van der Waals surface area contributed by atoms with E-state index in [2.05, 4.69) is 0 Å². The van der Waals surface area contributed by atoms with E-state index in [0.717, 1.165) is 0 Å². The number of ether oxygens (including phenoxy) is 2. The number of Topliss-reactive ketones (excluding diaryl/α,β-unsaturated/α-hetero) is 1. The first-order valence-corrected chi connectivity index (χ1v) is 17.1. The van der Waals surface area contributed by atoms with E-state index in [1.807, 2.05) is 0 Å². The lowest BCUT2D eigenvalue weighted by molar-refractivity contribution is 0.101. The van der Waals surface area contributed by atoms with E-state index in [0.29, 0.717) is 34.9 Å². The van der Waals surface area contributed by atoms with Crippen LogP contribution in [0, 0.1) is 81.2 Å². The highest BCUT2D eigenvalue weighted by Crippen LogP contribution is 2.43. The van der Waals surface area contributed by atoms with Crippen molar-refractivity contribution in [2.24, 2.45) is 0 Å². The van der Waals surface area contributed by atoms with Gasteiger partial charge in [0.15, 0.2) is 40.7 Å². The highest BCUT2D eigenvalue weighted by molar-refractivity contribution is 7.85. The van der Waals surface area contributed by atoms with E-state index in [-0.39, 0.29) is 39.5 Å². The molecule has 0 unspecified atom stereocenters. The standard InChI is InChI=1S/C38H28F8O6S/c1-15-9-22(10-16(2)36(15)51-25-8-7-21(20(6)47)13-24(25)14-53(48,49)50)23-11-17(3)37(18(4)12-23)52-38-34(45)32(43)27(33(44)35(38)46)26-30(41)28(39)19(5)29(40)31(26)42/h7-13H,14H2,1-6H3,(H,48,49,50). The molecule has 5 aromatic rings. The maximum Gasteiger partial charge on any atom is 0.269 e. The summed E-state index contributed by atoms with van der Waals surface area (Å²) in [5, 5.41) is 0. The number of halogens is 8. The van der Waals surface area contributed by atoms with Crippen LogP contribution in [-0.2, 0) is 15.9 Å². The number of hydrogen-bond acceptors (Lipinski definition) is 5. The summed E-state index contributed by atoms with van der Waals surface area (Å²) >= 11 is 0. The molecule has 5 rings (SSSR count). The maximum absolute atomic E-state index is 15.3. The van der Waals surface area contributed by atoms with Crippen molar-refractivity contribution in [1.29, 1.82) is 0 Å². The third kappa shape index (κ3) is 7.35. The van der Waals surface area contributed by atoms with Gasteiger partial charge < -0.3 is 9.47 Å². The Bertz CT molecular complexity index is 2380. The molecule has 0 radical (unpaired) electrons. The summed E-state index contributed by atoms with van der Waals surface area (Å²) in [4.78, 5) is 11.9. The predicted octanol–water partition coefficient (Wildman–Crippen LogP) is 10.9. The molecule has 0 aliphatic rings. The first-order chi connectivity index (χ1) is 24.6. The molecule has 0 aliphatic heterocycles. The fourth-order valence-electron chi connectivity index (χ4n) is 5.86. The van der Waals surface area contributed by atoms with Crippen molar-refractivity contribution in [3.8, 4) is 45.3 Å². The van der Waals surface area contributed by atoms with Crippen LogP contribution in [0.15, 0.2) is 42.5 Å². The second-order valence-electron chi connectivity index (χ2n) is 12.4. The molecule has 0 amide bonds. The first kappa shape index (κ1) is 38.9. The Balaban J connectivity index is 1.51. The Kier molecular flexibility index (Phi) is 10.5. The Morgan fingerprint density at radius 2 is 0.981 bits per heavy atom. The fourth-order valence-corrected chi connectivity index (χ4v) is 6.48. The van der Waals surface area contributed by atoms with Gasteiger partial charge in [-0.2, -0.15) is 17.2 Å². The molecule has 1 N–H and O–H groups in total. The highest BCUT2D eigenvalue weighted by Gasteiger charge is 2.34. The topological polar surface area (TPSA) is 89.9 Å². The molecule has 0 spiro atoms. The SMILES string of the molecule is CC(=O)c1ccc(Oc2c(C)cc(-c3cc(C)c(Oc4c(F)c(F)c(-c5c(F)c(F)c(C)c(F)c5F)c(F)c4F)c(C)c3)cc2C)c(CS(=O)(=O)O)c1. The Morgan fingerprint density at radius 3 is 1.38 bits per heavy atom. The van der Waals surface area contributed by atoms with Crippen LogP contribution in [0.2, 0.25) is 0 Å². The largest absolute Gasteiger partial charge is 0.456 e. The van der Waals surface area contributed by atoms with Gasteiger partial charge in [-0.25, -0.2) is 26.3 Å². The monoisotopic (exact) mass is 764 g/mol. The zero-order valence-electron chi connectivity index (χ0n) is 28.7. The van der Waals surface area contributed by atoms with Crippen LogP contribution in [0.3, 0.4) is 0 Å². The van der Waals surface area contributed by atoms with Gasteiger partial charge in [0.05, 0.1) is 11.1 Å². The minimum atomic E-state index is -4.49. The van der Waals surface area contributed by atoms with Crippen LogP contribution in [-0.4, -0.2) is 18.8 Å². The van der Waals surface area contributed by atoms with Crippen LogP contribution < -0.4 is 9.47 Å². The van der Waals surface area contributed by atoms with Crippen molar-refractivity contribution in [2.45, 2.75) is 47.3 Å². The number of carbonyl (C=O) groups excluding carboxylic acids is 1. The van der Waals surface area contributed by atoms with Crippen LogP contribution in [0.5, 0.6) is 23.0 Å². The second-order valence-corrected chi connectivity index (χ2v) is 13.9. The number of rotatable bonds is 9. The Hall–Kier alpha value is -5.28. The average Bonchev–Trinajstić information content (AvgIpc) is 3.07. The predicted molar refractivity (Wildman–Crippen MR) is 179 cm³/mol. The van der Waals surface area contributed by atoms with E-state index in [1.165, 1.54) is 51.1 Å². The molecule has 0 atom stereocenters. The lowest BCUT2D eigenvalue weighted by Crippen LogP contribution is -2.09. The zero-order chi connectivity index (χ0) is 39.4. The molecule has 5 aromatic carbocycles. The van der Waals surface area contributed by atoms with Gasteiger partial charge in [0.25, 0.3) is 10.1 Å². The van der Waals surface area contributed by atoms with Crippen molar-refractivity contribution >= 4 is 15.9 Å². The molecular formula is C38H28F8O6S. The van der Waals surface area contributed by atoms with Crippen molar-refractivity contribution in [3.63, 3.8) is 0 Å². The van der Waals surface area contributed by atoms with Gasteiger partial charge in [-0.05, 0) is 117 Å². The summed E-state index contributed by atoms with van der Waals surface area (Å²) in [6, 6.07) is 10.6. The number of aryl methyl sites for hydroxylation is 4. The van der Waals surface area contributed by atoms with Crippen LogP contribution in [0.1, 0.15) is 50.7 Å². The van der Waals surface area contributed by atoms with E-state index in [9.17, 15) is 35.3 Å². The van der Waals surface area contributed by atoms with Crippen LogP contribution in [0.25, 0.3) is 22.3 Å². The fraction of sp³-hybridized carbons (Fsp3) is 0.184. The highest BCUT2D eigenvalue weighted by atomic mass is 32.2. The Morgan fingerprint density at radius 1 is 0.585 bits per heavy atom. The van der Waals surface area contributed by atoms with Crippen molar-refractivity contribution in [2.75, 3.05) is 0 Å². The molecule has 0 aromatic heterocycles. The quantitative estimate of drug-likeness (QED) is 0.0696. The summed E-state index contributed by atoms with van der Waals surface area (Å²) < 4.78 is 163. The van der Waals surface area contributed by atoms with Gasteiger partial charge >= 0.3 is 0 Å². The van der Waals surface area contributed by atoms with Crippen molar-refractivity contribution < 1.29 is 62.4 Å². The third-order valence-corrected chi connectivity index (χ3v) is 9.11. The van der Waals surface area contributed by atoms with E-state index in [1.54, 1.807) is 26.0 Å². The molecule has 0 bridgehead atoms. The summed E-state index contributed by atoms with van der Waals surface area (Å²) in [5.41, 5.74) is -2.15. The minimum Gasteiger partial charge on any atom is -0.456 e. The van der Waals surface area contributed by atoms with Gasteiger partial charge in [0.1, 0.15) is 23.0 Å². The van der Waals surface area contributed by atoms with Crippen molar-refractivity contribution in [1.82, 2.24) is 0 Å². The lowest BCUT2D eigenvalue weighted by Gasteiger charge is -2.19. The van der Waals surface area contributed by atoms with Crippen LogP contribution in [0.4, 0.5) is 35.1 Å². The molecule has 0 saturated carbocycles. The molecule has 15 heteroatoms. The lowest BCUT2D eigenvalue weighted by atomic mass is 9.96. The molecule has 0 saturated heterocycles. The molecule has 53 heavy (non-hydrogen) atoms. The summed E-state index contributed by atoms with van der Waals surface area (Å²) in [7, 11) is -4.49. The molecule has 6 nitrogen and oxygen atoms in total. The summed E-state index contributed by atoms with van der Waals surface area (Å²) in [5.74, 6) is -20.3. The molecule has 0 heterocycles. The Labute approximate surface area is 298 Å². The molecule has 0 aliphatic carbocycles. The normalized spacial score (nSPS) is 11.6. The van der Waals surface area contributed by atoms with Gasteiger partial charge in [-0.1, -0.05) is 0 Å². The molecular weight excluding hydrogens is 736 g/mol. The minimum absolute atomic E-state index is 0.0458. The average molecular weight is 765 g/mol. The third-order valence-electron chi connectivity index (χ3n) is 8.43. The van der Waals surface area contributed by atoms with Gasteiger partial charge in [0, 0.05) is 16.7 Å². The first-order valence-electron chi connectivity index (χ1n) is 15.5. The van der Waals surface area contributed by atoms with E-state index < -0.39 is 84.8 Å². The number of benzene rings is 5. The van der Waals surface area contributed by atoms with E-state index in [4.69, 9.17) is 9.47 Å². The van der Waals surface area contributed by atoms with Gasteiger partial charge in [0.2, 0.25) is 17.4 Å². The molecule has 278 valence electrons. The number of carbonyl (C=O) groups is 1. The number of hydrogen-bond donors (Lipinski definition) is 1. The summed E-state index contributed by atoms with van der Waals surface area (Å²) in [6.07, 6.45) is 0. The maximum atomic E-state index is 15.3. The summed E-state index contributed by atoms with van der Waals surface area (Å²) in [6.45, 7) is 8.27. The van der Waals surface area contributed by atoms with Gasteiger partial charge in [-0.15, -0.1) is 0 Å². The van der Waals surface area contributed by atoms with Crippen LogP contribution >= 0.6 is 0 Å². The zero-order valence-corrected chi connectivity index (χ0v) is 29.5. The number of ketones is 1. The smallest absolute Gasteiger partial charge is 0.269 e.